The fraction of sp³-hybridized carbons (Fsp3) is 0.375. The van der Waals surface area contributed by atoms with E-state index in [1.165, 1.54) is 0 Å². The number of rotatable bonds is 7. The lowest BCUT2D eigenvalue weighted by Crippen LogP contribution is -2.44. The number of amides is 3. The topological polar surface area (TPSA) is 87.3 Å². The SMILES string of the molecule is Cc1cccc(C(=O)NC(C)C(=O)NCc2cccc(NC(=O)C3CCCC3)c2)c1. The highest BCUT2D eigenvalue weighted by atomic mass is 16.2. The summed E-state index contributed by atoms with van der Waals surface area (Å²) in [7, 11) is 0. The van der Waals surface area contributed by atoms with Crippen LogP contribution >= 0.6 is 0 Å². The maximum Gasteiger partial charge on any atom is 0.251 e. The molecular formula is C24H29N3O3. The Hall–Kier alpha value is -3.15. The molecule has 1 fully saturated rings. The van der Waals surface area contributed by atoms with Crippen molar-refractivity contribution >= 4 is 23.4 Å². The van der Waals surface area contributed by atoms with Gasteiger partial charge in [-0.1, -0.05) is 42.7 Å². The summed E-state index contributed by atoms with van der Waals surface area (Å²) < 4.78 is 0. The number of hydrogen-bond acceptors (Lipinski definition) is 3. The second-order valence-electron chi connectivity index (χ2n) is 7.95. The van der Waals surface area contributed by atoms with Gasteiger partial charge in [0.15, 0.2) is 0 Å². The average molecular weight is 408 g/mol. The van der Waals surface area contributed by atoms with Crippen LogP contribution in [0.4, 0.5) is 5.69 Å². The molecule has 0 heterocycles. The molecule has 0 bridgehead atoms. The molecule has 1 saturated carbocycles. The van der Waals surface area contributed by atoms with E-state index in [1.807, 2.05) is 43.3 Å². The van der Waals surface area contributed by atoms with Crippen LogP contribution in [-0.2, 0) is 16.1 Å². The lowest BCUT2D eigenvalue weighted by molar-refractivity contribution is -0.122. The zero-order chi connectivity index (χ0) is 21.5. The van der Waals surface area contributed by atoms with Gasteiger partial charge < -0.3 is 16.0 Å². The highest BCUT2D eigenvalue weighted by molar-refractivity contribution is 5.97. The van der Waals surface area contributed by atoms with Crippen molar-refractivity contribution in [3.8, 4) is 0 Å². The Bertz CT molecular complexity index is 919. The molecule has 158 valence electrons. The summed E-state index contributed by atoms with van der Waals surface area (Å²) in [4.78, 5) is 37.0. The van der Waals surface area contributed by atoms with Crippen LogP contribution in [0, 0.1) is 12.8 Å². The van der Waals surface area contributed by atoms with Crippen molar-refractivity contribution in [2.45, 2.75) is 52.1 Å². The van der Waals surface area contributed by atoms with Gasteiger partial charge >= 0.3 is 0 Å². The minimum Gasteiger partial charge on any atom is -0.350 e. The number of nitrogens with one attached hydrogen (secondary N) is 3. The van der Waals surface area contributed by atoms with Crippen molar-refractivity contribution < 1.29 is 14.4 Å². The summed E-state index contributed by atoms with van der Waals surface area (Å²) in [6, 6.07) is 14.0. The van der Waals surface area contributed by atoms with Crippen LogP contribution in [0.2, 0.25) is 0 Å². The van der Waals surface area contributed by atoms with Crippen molar-refractivity contribution in [3.63, 3.8) is 0 Å². The van der Waals surface area contributed by atoms with Crippen LogP contribution in [0.3, 0.4) is 0 Å². The Morgan fingerprint density at radius 1 is 1.03 bits per heavy atom. The molecule has 3 N–H and O–H groups in total. The van der Waals surface area contributed by atoms with Crippen LogP contribution in [0.5, 0.6) is 0 Å². The van der Waals surface area contributed by atoms with Crippen LogP contribution in [0.1, 0.15) is 54.1 Å². The molecule has 0 radical (unpaired) electrons. The lowest BCUT2D eigenvalue weighted by Gasteiger charge is -2.15. The van der Waals surface area contributed by atoms with Gasteiger partial charge in [-0.15, -0.1) is 0 Å². The van der Waals surface area contributed by atoms with Crippen molar-refractivity contribution in [1.29, 1.82) is 0 Å². The van der Waals surface area contributed by atoms with E-state index < -0.39 is 6.04 Å². The van der Waals surface area contributed by atoms with E-state index >= 15 is 0 Å². The molecule has 3 rings (SSSR count). The van der Waals surface area contributed by atoms with Gasteiger partial charge in [-0.25, -0.2) is 0 Å². The normalized spacial score (nSPS) is 14.7. The minimum absolute atomic E-state index is 0.0705. The molecule has 1 atom stereocenters. The summed E-state index contributed by atoms with van der Waals surface area (Å²) in [5, 5.41) is 8.53. The molecule has 0 saturated heterocycles. The van der Waals surface area contributed by atoms with Gasteiger partial charge in [0.1, 0.15) is 6.04 Å². The molecule has 2 aromatic carbocycles. The fourth-order valence-corrected chi connectivity index (χ4v) is 3.67. The zero-order valence-electron chi connectivity index (χ0n) is 17.5. The second kappa shape index (κ2) is 10.1. The number of hydrogen-bond donors (Lipinski definition) is 3. The van der Waals surface area contributed by atoms with E-state index in [4.69, 9.17) is 0 Å². The van der Waals surface area contributed by atoms with Crippen LogP contribution < -0.4 is 16.0 Å². The molecule has 3 amide bonds. The fourth-order valence-electron chi connectivity index (χ4n) is 3.67. The first kappa shape index (κ1) is 21.6. The van der Waals surface area contributed by atoms with Gasteiger partial charge in [-0.3, -0.25) is 14.4 Å². The Kier molecular flexibility index (Phi) is 7.22. The van der Waals surface area contributed by atoms with Gasteiger partial charge in [0.25, 0.3) is 5.91 Å². The Balaban J connectivity index is 1.50. The predicted molar refractivity (Wildman–Crippen MR) is 117 cm³/mol. The maximum absolute atomic E-state index is 12.4. The van der Waals surface area contributed by atoms with E-state index in [0.717, 1.165) is 42.5 Å². The molecular weight excluding hydrogens is 378 g/mol. The molecule has 1 aliphatic rings. The van der Waals surface area contributed by atoms with Crippen LogP contribution in [0.25, 0.3) is 0 Å². The molecule has 30 heavy (non-hydrogen) atoms. The summed E-state index contributed by atoms with van der Waals surface area (Å²) in [5.41, 5.74) is 3.13. The van der Waals surface area contributed by atoms with Crippen molar-refractivity contribution in [1.82, 2.24) is 10.6 Å². The molecule has 1 unspecified atom stereocenters. The molecule has 1 aliphatic carbocycles. The molecule has 0 spiro atoms. The molecule has 6 nitrogen and oxygen atoms in total. The van der Waals surface area contributed by atoms with Crippen molar-refractivity contribution in [3.05, 3.63) is 65.2 Å². The van der Waals surface area contributed by atoms with E-state index in [9.17, 15) is 14.4 Å². The Morgan fingerprint density at radius 2 is 1.77 bits per heavy atom. The van der Waals surface area contributed by atoms with Gasteiger partial charge in [0, 0.05) is 23.7 Å². The first-order chi connectivity index (χ1) is 14.4. The quantitative estimate of drug-likeness (QED) is 0.656. The smallest absolute Gasteiger partial charge is 0.251 e. The van der Waals surface area contributed by atoms with E-state index in [2.05, 4.69) is 16.0 Å². The van der Waals surface area contributed by atoms with Gasteiger partial charge in [-0.05, 0) is 56.5 Å². The standard InChI is InChI=1S/C24H29N3O3/c1-16-7-5-11-20(13-16)24(30)26-17(2)22(28)25-15-18-8-6-12-21(14-18)27-23(29)19-9-3-4-10-19/h5-8,11-14,17,19H,3-4,9-10,15H2,1-2H3,(H,25,28)(H,26,30)(H,27,29). The summed E-state index contributed by atoms with van der Waals surface area (Å²) in [6.07, 6.45) is 4.13. The van der Waals surface area contributed by atoms with Gasteiger partial charge in [-0.2, -0.15) is 0 Å². The second-order valence-corrected chi connectivity index (χ2v) is 7.95. The zero-order valence-corrected chi connectivity index (χ0v) is 17.5. The number of anilines is 1. The van der Waals surface area contributed by atoms with Crippen LogP contribution in [0.15, 0.2) is 48.5 Å². The lowest BCUT2D eigenvalue weighted by atomic mass is 10.1. The number of benzene rings is 2. The molecule has 0 aliphatic heterocycles. The number of aryl methyl sites for hydroxylation is 1. The van der Waals surface area contributed by atoms with Gasteiger partial charge in [0.2, 0.25) is 11.8 Å². The largest absolute Gasteiger partial charge is 0.350 e. The molecule has 2 aromatic rings. The Labute approximate surface area is 177 Å². The Morgan fingerprint density at radius 3 is 2.50 bits per heavy atom. The maximum atomic E-state index is 12.4. The summed E-state index contributed by atoms with van der Waals surface area (Å²) >= 11 is 0. The molecule has 0 aromatic heterocycles. The summed E-state index contributed by atoms with van der Waals surface area (Å²) in [5.74, 6) is -0.373. The number of carbonyl (C=O) groups is 3. The third-order valence-electron chi connectivity index (χ3n) is 5.41. The van der Waals surface area contributed by atoms with Crippen molar-refractivity contribution in [2.75, 3.05) is 5.32 Å². The minimum atomic E-state index is -0.664. The highest BCUT2D eigenvalue weighted by Gasteiger charge is 2.22. The van der Waals surface area contributed by atoms with E-state index in [-0.39, 0.29) is 23.6 Å². The van der Waals surface area contributed by atoms with E-state index in [0.29, 0.717) is 12.1 Å². The predicted octanol–water partition coefficient (Wildman–Crippen LogP) is 3.56. The van der Waals surface area contributed by atoms with Gasteiger partial charge in [0.05, 0.1) is 0 Å². The summed E-state index contributed by atoms with van der Waals surface area (Å²) in [6.45, 7) is 3.88. The third-order valence-corrected chi connectivity index (χ3v) is 5.41. The van der Waals surface area contributed by atoms with Crippen LogP contribution in [-0.4, -0.2) is 23.8 Å². The highest BCUT2D eigenvalue weighted by Crippen LogP contribution is 2.26. The molecule has 6 heteroatoms. The average Bonchev–Trinajstić information content (AvgIpc) is 3.27. The monoisotopic (exact) mass is 407 g/mol. The third kappa shape index (κ3) is 5.92. The van der Waals surface area contributed by atoms with E-state index in [1.54, 1.807) is 19.1 Å². The first-order valence-corrected chi connectivity index (χ1v) is 10.5. The first-order valence-electron chi connectivity index (χ1n) is 10.5. The van der Waals surface area contributed by atoms with Crippen molar-refractivity contribution in [2.24, 2.45) is 5.92 Å². The number of carbonyl (C=O) groups excluding carboxylic acids is 3.